The fourth-order valence-corrected chi connectivity index (χ4v) is 8.85. The van der Waals surface area contributed by atoms with Gasteiger partial charge in [-0.25, -0.2) is 0 Å². The number of nitrogens with zero attached hydrogens (tertiary/aromatic N) is 4. The first-order valence-corrected chi connectivity index (χ1v) is 19.8. The average Bonchev–Trinajstić information content (AvgIpc) is 3.57. The highest BCUT2D eigenvalue weighted by atomic mass is 16.5. The van der Waals surface area contributed by atoms with E-state index in [1.165, 1.54) is 0 Å². The lowest BCUT2D eigenvalue weighted by Crippen LogP contribution is -2.52. The van der Waals surface area contributed by atoms with Crippen molar-refractivity contribution in [3.8, 4) is 23.0 Å². The molecule has 0 spiro atoms. The summed E-state index contributed by atoms with van der Waals surface area (Å²) in [6.45, 7) is 7.73. The van der Waals surface area contributed by atoms with Gasteiger partial charge in [-0.1, -0.05) is 6.07 Å². The smallest absolute Gasteiger partial charge is 0.227 e. The summed E-state index contributed by atoms with van der Waals surface area (Å²) >= 11 is 0. The number of hydrogen-bond acceptors (Lipinski definition) is 10. The minimum absolute atomic E-state index is 0.0121. The number of rotatable bonds is 12. The van der Waals surface area contributed by atoms with Crippen LogP contribution in [0.15, 0.2) is 78.9 Å². The molecule has 3 aliphatic rings. The zero-order valence-corrected chi connectivity index (χ0v) is 34.2. The fraction of sp³-hybridized carbons (Fsp3) is 0.391. The Morgan fingerprint density at radius 3 is 1.45 bits per heavy atom. The highest BCUT2D eigenvalue weighted by molar-refractivity contribution is 5.95. The third-order valence-corrected chi connectivity index (χ3v) is 12.1. The highest BCUT2D eigenvalue weighted by Crippen LogP contribution is 2.55. The summed E-state index contributed by atoms with van der Waals surface area (Å²) < 4.78 is 22.9. The maximum Gasteiger partial charge on any atom is 0.227 e. The molecule has 12 nitrogen and oxygen atoms in total. The first kappa shape index (κ1) is 40.2. The van der Waals surface area contributed by atoms with Gasteiger partial charge in [-0.15, -0.1) is 0 Å². The van der Waals surface area contributed by atoms with Crippen molar-refractivity contribution in [2.24, 2.45) is 5.92 Å². The summed E-state index contributed by atoms with van der Waals surface area (Å²) in [5, 5.41) is 0. The van der Waals surface area contributed by atoms with Crippen LogP contribution in [0.2, 0.25) is 0 Å². The van der Waals surface area contributed by atoms with Gasteiger partial charge in [0.2, 0.25) is 11.8 Å². The van der Waals surface area contributed by atoms with Gasteiger partial charge in [-0.3, -0.25) is 19.2 Å². The molecule has 0 radical (unpaired) electrons. The number of ether oxygens (including phenoxy) is 4. The summed E-state index contributed by atoms with van der Waals surface area (Å²) in [5.41, 5.74) is 6.01. The van der Waals surface area contributed by atoms with Crippen LogP contribution >= 0.6 is 0 Å². The van der Waals surface area contributed by atoms with Crippen molar-refractivity contribution >= 4 is 34.8 Å². The van der Waals surface area contributed by atoms with Gasteiger partial charge in [0.1, 0.15) is 0 Å². The number of fused-ring (bicyclic) bond motifs is 1. The number of carbonyl (C=O) groups excluding carboxylic acids is 4. The summed E-state index contributed by atoms with van der Waals surface area (Å²) in [4.78, 5) is 61.7. The zero-order chi connectivity index (χ0) is 41.1. The SMILES string of the molecule is COc1ccc(C2c3cc(OC)c(OC)cc3C(CC(=O)N3CCN(c4ccc(C(C)=O)cc4)CC3)C2C(=O)N2CCN(c3ccc(C(C)=O)cc3)CC2)cc1OC. The standard InChI is InChI=1S/C46H52N4O8/c1-29(51)31-7-12-34(13-8-31)47-17-21-49(22-18-47)43(53)28-38-36-26-41(57-5)42(58-6)27-37(36)44(33-11-16-39(55-3)40(25-33)56-4)45(38)46(54)50-23-19-48(20-24-50)35-14-9-32(10-15-35)30(2)52/h7-16,25-27,38,44-45H,17-24,28H2,1-6H3. The van der Waals surface area contributed by atoms with Crippen molar-refractivity contribution in [3.63, 3.8) is 0 Å². The molecule has 2 heterocycles. The number of hydrogen-bond donors (Lipinski definition) is 0. The second kappa shape index (κ2) is 17.2. The first-order chi connectivity index (χ1) is 28.0. The van der Waals surface area contributed by atoms with Crippen LogP contribution < -0.4 is 28.7 Å². The molecule has 2 aliphatic heterocycles. The monoisotopic (exact) mass is 788 g/mol. The van der Waals surface area contributed by atoms with Crippen LogP contribution in [0.25, 0.3) is 0 Å². The van der Waals surface area contributed by atoms with Gasteiger partial charge in [0.15, 0.2) is 34.6 Å². The lowest BCUT2D eigenvalue weighted by atomic mass is 9.79. The van der Waals surface area contributed by atoms with E-state index in [1.54, 1.807) is 42.3 Å². The highest BCUT2D eigenvalue weighted by Gasteiger charge is 2.49. The van der Waals surface area contributed by atoms with E-state index in [0.29, 0.717) is 86.5 Å². The molecule has 0 aromatic heterocycles. The number of Topliss-reactive ketones (excluding diaryl/α,β-unsaturated/α-hetero) is 2. The Labute approximate surface area is 340 Å². The number of piperazine rings is 2. The zero-order valence-electron chi connectivity index (χ0n) is 34.2. The van der Waals surface area contributed by atoms with Crippen LogP contribution in [0.3, 0.4) is 0 Å². The topological polar surface area (TPSA) is 118 Å². The van der Waals surface area contributed by atoms with E-state index < -0.39 is 17.8 Å². The van der Waals surface area contributed by atoms with Gasteiger partial charge in [0.05, 0.1) is 34.4 Å². The lowest BCUT2D eigenvalue weighted by Gasteiger charge is -2.39. The van der Waals surface area contributed by atoms with E-state index in [9.17, 15) is 14.4 Å². The number of amides is 2. The van der Waals surface area contributed by atoms with Gasteiger partial charge in [0.25, 0.3) is 0 Å². The van der Waals surface area contributed by atoms with E-state index in [4.69, 9.17) is 18.9 Å². The molecule has 2 saturated heterocycles. The molecule has 3 atom stereocenters. The van der Waals surface area contributed by atoms with Crippen molar-refractivity contribution in [2.45, 2.75) is 32.1 Å². The predicted octanol–water partition coefficient (Wildman–Crippen LogP) is 6.06. The van der Waals surface area contributed by atoms with Crippen LogP contribution in [0.1, 0.15) is 69.5 Å². The Balaban J connectivity index is 1.20. The molecule has 0 bridgehead atoms. The quantitative estimate of drug-likeness (QED) is 0.157. The molecule has 58 heavy (non-hydrogen) atoms. The third-order valence-electron chi connectivity index (χ3n) is 12.1. The Morgan fingerprint density at radius 2 is 0.983 bits per heavy atom. The Bertz CT molecular complexity index is 2160. The van der Waals surface area contributed by atoms with Crippen molar-refractivity contribution in [3.05, 3.63) is 107 Å². The van der Waals surface area contributed by atoms with Crippen LogP contribution in [-0.2, 0) is 9.59 Å². The van der Waals surface area contributed by atoms with Crippen molar-refractivity contribution in [1.82, 2.24) is 9.80 Å². The molecule has 3 unspecified atom stereocenters. The number of methoxy groups -OCH3 is 4. The van der Waals surface area contributed by atoms with E-state index >= 15 is 4.79 Å². The van der Waals surface area contributed by atoms with E-state index in [2.05, 4.69) is 9.80 Å². The molecule has 12 heteroatoms. The molecular weight excluding hydrogens is 737 g/mol. The molecule has 2 amide bonds. The summed E-state index contributed by atoms with van der Waals surface area (Å²) in [6.07, 6.45) is 0.137. The number of ketones is 2. The Hall–Kier alpha value is -6.04. The predicted molar refractivity (Wildman–Crippen MR) is 222 cm³/mol. The normalized spacial score (nSPS) is 19.0. The summed E-state index contributed by atoms with van der Waals surface area (Å²) in [7, 11) is 6.37. The maximum absolute atomic E-state index is 15.2. The number of anilines is 2. The molecule has 7 rings (SSSR count). The molecule has 304 valence electrons. The minimum atomic E-state index is -0.614. The Morgan fingerprint density at radius 1 is 0.534 bits per heavy atom. The molecule has 4 aromatic rings. The number of carbonyl (C=O) groups is 4. The summed E-state index contributed by atoms with van der Waals surface area (Å²) in [5.74, 6) is 0.722. The first-order valence-electron chi connectivity index (χ1n) is 19.8. The van der Waals surface area contributed by atoms with Gasteiger partial charge in [0, 0.05) is 93.1 Å². The molecule has 0 N–H and O–H groups in total. The fourth-order valence-electron chi connectivity index (χ4n) is 8.85. The van der Waals surface area contributed by atoms with E-state index in [-0.39, 0.29) is 29.8 Å². The maximum atomic E-state index is 15.2. The average molecular weight is 789 g/mol. The van der Waals surface area contributed by atoms with Gasteiger partial charge < -0.3 is 38.5 Å². The van der Waals surface area contributed by atoms with E-state index in [1.807, 2.05) is 88.7 Å². The minimum Gasteiger partial charge on any atom is -0.493 e. The van der Waals surface area contributed by atoms with Crippen molar-refractivity contribution in [2.75, 3.05) is 90.6 Å². The second-order valence-electron chi connectivity index (χ2n) is 15.2. The van der Waals surface area contributed by atoms with Crippen molar-refractivity contribution < 1.29 is 38.1 Å². The van der Waals surface area contributed by atoms with Crippen LogP contribution in [0.4, 0.5) is 11.4 Å². The van der Waals surface area contributed by atoms with Gasteiger partial charge in [-0.05, 0) is 103 Å². The second-order valence-corrected chi connectivity index (χ2v) is 15.2. The number of benzene rings is 4. The largest absolute Gasteiger partial charge is 0.493 e. The third kappa shape index (κ3) is 7.92. The molecule has 2 fully saturated rings. The Kier molecular flexibility index (Phi) is 11.9. The molecule has 0 saturated carbocycles. The van der Waals surface area contributed by atoms with Crippen LogP contribution in [0, 0.1) is 5.92 Å². The molecular formula is C46H52N4O8. The summed E-state index contributed by atoms with van der Waals surface area (Å²) in [6, 6.07) is 24.9. The van der Waals surface area contributed by atoms with Gasteiger partial charge >= 0.3 is 0 Å². The molecule has 4 aromatic carbocycles. The molecule has 1 aliphatic carbocycles. The van der Waals surface area contributed by atoms with Crippen LogP contribution in [-0.4, -0.2) is 114 Å². The van der Waals surface area contributed by atoms with Crippen LogP contribution in [0.5, 0.6) is 23.0 Å². The van der Waals surface area contributed by atoms with Gasteiger partial charge in [-0.2, -0.15) is 0 Å². The van der Waals surface area contributed by atoms with E-state index in [0.717, 1.165) is 28.1 Å². The van der Waals surface area contributed by atoms with Crippen molar-refractivity contribution in [1.29, 1.82) is 0 Å². The lowest BCUT2D eigenvalue weighted by molar-refractivity contribution is -0.138.